The molecule has 1 heterocycles. The molecular formula is C4H6N2O2S. The minimum absolute atomic E-state index is 1.04. The summed E-state index contributed by atoms with van der Waals surface area (Å²) in [5.41, 5.74) is 5.29. The molecule has 4 nitrogen and oxygen atoms in total. The molecule has 1 aliphatic heterocycles. The Kier molecular flexibility index (Phi) is 1.38. The molecule has 0 aromatic carbocycles. The fourth-order valence-corrected chi connectivity index (χ4v) is 1.03. The molecule has 0 amide bonds. The van der Waals surface area contributed by atoms with Crippen LogP contribution in [-0.4, -0.2) is 16.1 Å². The number of aliphatic carboxylic acids is 1. The van der Waals surface area contributed by atoms with Crippen LogP contribution in [0.5, 0.6) is 0 Å². The van der Waals surface area contributed by atoms with Gasteiger partial charge in [0.15, 0.2) is 0 Å². The molecule has 9 heavy (non-hydrogen) atoms. The van der Waals surface area contributed by atoms with Crippen molar-refractivity contribution in [3.05, 3.63) is 11.6 Å². The van der Waals surface area contributed by atoms with Gasteiger partial charge in [0.05, 0.1) is 0 Å². The summed E-state index contributed by atoms with van der Waals surface area (Å²) in [6.07, 6.45) is 1.51. The van der Waals surface area contributed by atoms with Crippen molar-refractivity contribution in [1.82, 2.24) is 5.32 Å². The van der Waals surface area contributed by atoms with E-state index in [-0.39, 0.29) is 0 Å². The standard InChI is InChI=1S/C4H6N2O2S/c5-4(3(7)8)6-1-2-9-4/h1-2,6H,5H2,(H,7,8). The topological polar surface area (TPSA) is 75.4 Å². The molecule has 50 valence electrons. The molecule has 0 aliphatic carbocycles. The van der Waals surface area contributed by atoms with Gasteiger partial charge in [0.1, 0.15) is 0 Å². The van der Waals surface area contributed by atoms with Crippen LogP contribution in [0, 0.1) is 0 Å². The number of rotatable bonds is 1. The number of carboxylic acids is 1. The fraction of sp³-hybridized carbons (Fsp3) is 0.250. The highest BCUT2D eigenvalue weighted by Gasteiger charge is 2.35. The largest absolute Gasteiger partial charge is 0.478 e. The van der Waals surface area contributed by atoms with E-state index in [1.54, 1.807) is 5.41 Å². The molecule has 0 radical (unpaired) electrons. The third kappa shape index (κ3) is 1.01. The Hall–Kier alpha value is -0.680. The maximum Gasteiger partial charge on any atom is 0.355 e. The Bertz CT molecular complexity index is 160. The molecule has 0 saturated heterocycles. The summed E-state index contributed by atoms with van der Waals surface area (Å²) in [5, 5.41) is 12.5. The van der Waals surface area contributed by atoms with Crippen LogP contribution in [0.1, 0.15) is 0 Å². The summed E-state index contributed by atoms with van der Waals surface area (Å²) >= 11 is 1.04. The maximum atomic E-state index is 10.3. The van der Waals surface area contributed by atoms with Crippen molar-refractivity contribution in [2.24, 2.45) is 5.73 Å². The van der Waals surface area contributed by atoms with Crippen molar-refractivity contribution in [2.75, 3.05) is 0 Å². The van der Waals surface area contributed by atoms with Crippen LogP contribution in [0.15, 0.2) is 11.6 Å². The zero-order valence-corrected chi connectivity index (χ0v) is 5.31. The summed E-state index contributed by atoms with van der Waals surface area (Å²) in [4.78, 5) is 8.94. The molecule has 0 fully saturated rings. The zero-order chi connectivity index (χ0) is 6.91. The Balaban J connectivity index is 2.66. The fourth-order valence-electron chi connectivity index (χ4n) is 0.445. The Morgan fingerprint density at radius 1 is 1.89 bits per heavy atom. The average molecular weight is 146 g/mol. The van der Waals surface area contributed by atoms with E-state index in [2.05, 4.69) is 5.32 Å². The molecule has 0 saturated carbocycles. The first-order valence-electron chi connectivity index (χ1n) is 2.28. The summed E-state index contributed by atoms with van der Waals surface area (Å²) in [6, 6.07) is 0. The molecule has 1 aliphatic rings. The molecule has 1 unspecified atom stereocenters. The zero-order valence-electron chi connectivity index (χ0n) is 4.50. The lowest BCUT2D eigenvalue weighted by Crippen LogP contribution is -2.52. The minimum Gasteiger partial charge on any atom is -0.478 e. The molecule has 0 bridgehead atoms. The van der Waals surface area contributed by atoms with E-state index in [4.69, 9.17) is 10.8 Å². The Morgan fingerprint density at radius 3 is 2.78 bits per heavy atom. The highest BCUT2D eigenvalue weighted by atomic mass is 32.2. The van der Waals surface area contributed by atoms with Gasteiger partial charge in [-0.15, -0.1) is 0 Å². The van der Waals surface area contributed by atoms with Gasteiger partial charge in [-0.3, -0.25) is 5.73 Å². The van der Waals surface area contributed by atoms with E-state index in [1.165, 1.54) is 6.20 Å². The van der Waals surface area contributed by atoms with Gasteiger partial charge in [0, 0.05) is 6.20 Å². The van der Waals surface area contributed by atoms with E-state index < -0.39 is 11.0 Å². The number of thioether (sulfide) groups is 1. The van der Waals surface area contributed by atoms with Crippen LogP contribution in [0.25, 0.3) is 0 Å². The third-order valence-corrected chi connectivity index (χ3v) is 1.87. The molecule has 1 atom stereocenters. The van der Waals surface area contributed by atoms with E-state index >= 15 is 0 Å². The highest BCUT2D eigenvalue weighted by molar-refractivity contribution is 8.04. The monoisotopic (exact) mass is 146 g/mol. The first-order chi connectivity index (χ1) is 4.15. The van der Waals surface area contributed by atoms with Crippen LogP contribution in [0.4, 0.5) is 0 Å². The minimum atomic E-state index is -1.33. The molecule has 1 rings (SSSR count). The van der Waals surface area contributed by atoms with Crippen molar-refractivity contribution >= 4 is 17.7 Å². The van der Waals surface area contributed by atoms with Gasteiger partial charge in [0.25, 0.3) is 0 Å². The number of carboxylic acid groups (broad SMARTS) is 1. The smallest absolute Gasteiger partial charge is 0.355 e. The molecule has 0 aromatic rings. The van der Waals surface area contributed by atoms with Crippen molar-refractivity contribution in [2.45, 2.75) is 4.99 Å². The van der Waals surface area contributed by atoms with E-state index in [1.807, 2.05) is 0 Å². The van der Waals surface area contributed by atoms with E-state index in [9.17, 15) is 4.79 Å². The Morgan fingerprint density at radius 2 is 2.56 bits per heavy atom. The van der Waals surface area contributed by atoms with Gasteiger partial charge in [-0.25, -0.2) is 4.79 Å². The van der Waals surface area contributed by atoms with Crippen molar-refractivity contribution in [3.8, 4) is 0 Å². The van der Waals surface area contributed by atoms with Gasteiger partial charge >= 0.3 is 5.97 Å². The number of nitrogens with two attached hydrogens (primary N) is 1. The summed E-state index contributed by atoms with van der Waals surface area (Å²) in [7, 11) is 0. The lowest BCUT2D eigenvalue weighted by atomic mass is 10.5. The summed E-state index contributed by atoms with van der Waals surface area (Å²) < 4.78 is 0. The molecule has 0 spiro atoms. The van der Waals surface area contributed by atoms with Crippen molar-refractivity contribution in [1.29, 1.82) is 0 Å². The lowest BCUT2D eigenvalue weighted by molar-refractivity contribution is -0.140. The predicted octanol–water partition coefficient (Wildman–Crippen LogP) is -0.509. The maximum absolute atomic E-state index is 10.3. The number of hydrogen-bond donors (Lipinski definition) is 3. The summed E-state index contributed by atoms with van der Waals surface area (Å²) in [5.74, 6) is -1.06. The molecule has 5 heteroatoms. The van der Waals surface area contributed by atoms with Crippen LogP contribution >= 0.6 is 11.8 Å². The lowest BCUT2D eigenvalue weighted by Gasteiger charge is -2.16. The SMILES string of the molecule is NC1(C(=O)O)NC=CS1. The van der Waals surface area contributed by atoms with E-state index in [0.29, 0.717) is 0 Å². The van der Waals surface area contributed by atoms with Crippen LogP contribution in [0.2, 0.25) is 0 Å². The van der Waals surface area contributed by atoms with Gasteiger partial charge in [-0.2, -0.15) is 0 Å². The molecule has 4 N–H and O–H groups in total. The van der Waals surface area contributed by atoms with Crippen LogP contribution < -0.4 is 11.1 Å². The number of carbonyl (C=O) groups is 1. The number of hydrogen-bond acceptors (Lipinski definition) is 4. The van der Waals surface area contributed by atoms with Gasteiger partial charge in [-0.1, -0.05) is 11.8 Å². The van der Waals surface area contributed by atoms with Crippen LogP contribution in [-0.2, 0) is 4.79 Å². The molecule has 0 aromatic heterocycles. The average Bonchev–Trinajstić information content (AvgIpc) is 2.16. The van der Waals surface area contributed by atoms with Crippen LogP contribution in [0.3, 0.4) is 0 Å². The second kappa shape index (κ2) is 1.93. The normalized spacial score (nSPS) is 32.1. The molecular weight excluding hydrogens is 140 g/mol. The van der Waals surface area contributed by atoms with Gasteiger partial charge in [-0.05, 0) is 5.41 Å². The second-order valence-electron chi connectivity index (χ2n) is 1.61. The van der Waals surface area contributed by atoms with Crippen molar-refractivity contribution < 1.29 is 9.90 Å². The van der Waals surface area contributed by atoms with Gasteiger partial charge in [0.2, 0.25) is 4.99 Å². The van der Waals surface area contributed by atoms with Crippen molar-refractivity contribution in [3.63, 3.8) is 0 Å². The number of nitrogens with one attached hydrogen (secondary N) is 1. The summed E-state index contributed by atoms with van der Waals surface area (Å²) in [6.45, 7) is 0. The first kappa shape index (κ1) is 6.44. The predicted molar refractivity (Wildman–Crippen MR) is 34.4 cm³/mol. The third-order valence-electron chi connectivity index (χ3n) is 0.937. The Labute approximate surface area is 56.1 Å². The second-order valence-corrected chi connectivity index (χ2v) is 2.76. The quantitative estimate of drug-likeness (QED) is 0.464. The van der Waals surface area contributed by atoms with E-state index in [0.717, 1.165) is 11.8 Å². The highest BCUT2D eigenvalue weighted by Crippen LogP contribution is 2.22. The first-order valence-corrected chi connectivity index (χ1v) is 3.16. The van der Waals surface area contributed by atoms with Gasteiger partial charge < -0.3 is 10.4 Å².